The van der Waals surface area contributed by atoms with Crippen molar-refractivity contribution in [3.8, 4) is 5.69 Å². The molecule has 2 amide bonds. The Hall–Kier alpha value is -3.16. The van der Waals surface area contributed by atoms with Crippen molar-refractivity contribution >= 4 is 11.7 Å². The summed E-state index contributed by atoms with van der Waals surface area (Å²) in [5.74, 6) is 0.109. The number of urea groups is 1. The van der Waals surface area contributed by atoms with Crippen molar-refractivity contribution in [2.75, 3.05) is 5.32 Å². The van der Waals surface area contributed by atoms with Gasteiger partial charge in [-0.05, 0) is 30.3 Å². The number of aromatic nitrogens is 3. The van der Waals surface area contributed by atoms with E-state index in [0.29, 0.717) is 11.4 Å². The minimum Gasteiger partial charge on any atom is -0.467 e. The summed E-state index contributed by atoms with van der Waals surface area (Å²) in [6.07, 6.45) is 4.22. The summed E-state index contributed by atoms with van der Waals surface area (Å²) in [5.41, 5.74) is 0.581. The quantitative estimate of drug-likeness (QED) is 0.774. The number of carbonyl (C=O) groups excluding carboxylic acids is 1. The van der Waals surface area contributed by atoms with Crippen LogP contribution in [-0.2, 0) is 6.54 Å². The summed E-state index contributed by atoms with van der Waals surface area (Å²) >= 11 is 0. The lowest BCUT2D eigenvalue weighted by molar-refractivity contribution is 0.251. The topological polar surface area (TPSA) is 85.0 Å². The maximum absolute atomic E-state index is 14.0. The van der Waals surface area contributed by atoms with E-state index in [1.54, 1.807) is 18.2 Å². The molecule has 0 unspecified atom stereocenters. The number of furan rings is 1. The van der Waals surface area contributed by atoms with Crippen LogP contribution in [-0.4, -0.2) is 20.8 Å². The van der Waals surface area contributed by atoms with Crippen molar-refractivity contribution in [3.63, 3.8) is 0 Å². The highest BCUT2D eigenvalue weighted by atomic mass is 19.1. The number of rotatable bonds is 4. The van der Waals surface area contributed by atoms with Gasteiger partial charge in [0.05, 0.1) is 12.8 Å². The molecule has 0 atom stereocenters. The molecule has 0 saturated heterocycles. The molecular weight excluding hydrogens is 289 g/mol. The number of benzene rings is 1. The molecule has 3 rings (SSSR count). The van der Waals surface area contributed by atoms with E-state index in [9.17, 15) is 9.18 Å². The normalized spacial score (nSPS) is 10.4. The molecule has 0 aliphatic carbocycles. The molecule has 1 aromatic carbocycles. The van der Waals surface area contributed by atoms with Crippen molar-refractivity contribution in [1.82, 2.24) is 20.1 Å². The van der Waals surface area contributed by atoms with Crippen LogP contribution in [0.1, 0.15) is 5.76 Å². The Bertz CT molecular complexity index is 756. The number of amides is 2. The molecule has 112 valence electrons. The van der Waals surface area contributed by atoms with Gasteiger partial charge in [0.2, 0.25) is 0 Å². The third kappa shape index (κ3) is 3.11. The van der Waals surface area contributed by atoms with Gasteiger partial charge >= 0.3 is 6.03 Å². The van der Waals surface area contributed by atoms with Crippen molar-refractivity contribution in [1.29, 1.82) is 0 Å². The lowest BCUT2D eigenvalue weighted by Crippen LogP contribution is -2.28. The summed E-state index contributed by atoms with van der Waals surface area (Å²) in [5, 5.41) is 8.99. The molecule has 0 saturated carbocycles. The summed E-state index contributed by atoms with van der Waals surface area (Å²) in [4.78, 5) is 15.5. The largest absolute Gasteiger partial charge is 0.467 e. The standard InChI is InChI=1S/C14H12FN5O2/c15-12-6-10(3-4-13(12)20-9-16-8-18-20)19-14(21)17-7-11-2-1-5-22-11/h1-6,8-9H,7H2,(H2,17,19,21). The molecule has 0 aliphatic heterocycles. The first-order valence-corrected chi connectivity index (χ1v) is 6.44. The van der Waals surface area contributed by atoms with E-state index in [2.05, 4.69) is 20.7 Å². The lowest BCUT2D eigenvalue weighted by Gasteiger charge is -2.08. The monoisotopic (exact) mass is 301 g/mol. The van der Waals surface area contributed by atoms with Crippen LogP contribution >= 0.6 is 0 Å². The van der Waals surface area contributed by atoms with Crippen LogP contribution in [0, 0.1) is 5.82 Å². The first-order valence-electron chi connectivity index (χ1n) is 6.44. The first kappa shape index (κ1) is 13.8. The highest BCUT2D eigenvalue weighted by molar-refractivity contribution is 5.89. The first-order chi connectivity index (χ1) is 10.7. The van der Waals surface area contributed by atoms with Gasteiger partial charge in [0.15, 0.2) is 5.82 Å². The Labute approximate surface area is 124 Å². The van der Waals surface area contributed by atoms with E-state index in [4.69, 9.17) is 4.42 Å². The number of carbonyl (C=O) groups is 1. The maximum Gasteiger partial charge on any atom is 0.319 e. The smallest absolute Gasteiger partial charge is 0.319 e. The fourth-order valence-electron chi connectivity index (χ4n) is 1.86. The number of halogens is 1. The SMILES string of the molecule is O=C(NCc1ccco1)Nc1ccc(-n2cncn2)c(F)c1. The molecule has 3 aromatic rings. The number of nitrogens with zero attached hydrogens (tertiary/aromatic N) is 3. The van der Waals surface area contributed by atoms with Crippen LogP contribution in [0.4, 0.5) is 14.9 Å². The number of hydrogen-bond donors (Lipinski definition) is 2. The zero-order valence-electron chi connectivity index (χ0n) is 11.4. The van der Waals surface area contributed by atoms with Gasteiger partial charge in [-0.3, -0.25) is 0 Å². The Morgan fingerprint density at radius 1 is 1.36 bits per heavy atom. The lowest BCUT2D eigenvalue weighted by atomic mass is 10.2. The van der Waals surface area contributed by atoms with Gasteiger partial charge in [-0.1, -0.05) is 0 Å². The predicted octanol–water partition coefficient (Wildman–Crippen LogP) is 2.32. The molecule has 2 aromatic heterocycles. The van der Waals surface area contributed by atoms with E-state index >= 15 is 0 Å². The summed E-state index contributed by atoms with van der Waals surface area (Å²) < 4.78 is 20.4. The van der Waals surface area contributed by atoms with Gasteiger partial charge < -0.3 is 15.1 Å². The number of hydrogen-bond acceptors (Lipinski definition) is 4. The molecule has 0 fully saturated rings. The predicted molar refractivity (Wildman–Crippen MR) is 75.9 cm³/mol. The Kier molecular flexibility index (Phi) is 3.82. The van der Waals surface area contributed by atoms with Gasteiger partial charge in [0.25, 0.3) is 0 Å². The summed E-state index contributed by atoms with van der Waals surface area (Å²) in [7, 11) is 0. The fraction of sp³-hybridized carbons (Fsp3) is 0.0714. The van der Waals surface area contributed by atoms with E-state index in [1.165, 1.54) is 35.7 Å². The van der Waals surface area contributed by atoms with E-state index < -0.39 is 11.8 Å². The van der Waals surface area contributed by atoms with Crippen LogP contribution in [0.25, 0.3) is 5.69 Å². The molecule has 2 N–H and O–H groups in total. The van der Waals surface area contributed by atoms with Crippen LogP contribution in [0.15, 0.2) is 53.7 Å². The minimum atomic E-state index is -0.519. The minimum absolute atomic E-state index is 0.248. The molecule has 22 heavy (non-hydrogen) atoms. The number of nitrogens with one attached hydrogen (secondary N) is 2. The average Bonchev–Trinajstić information content (AvgIpc) is 3.19. The molecule has 8 heteroatoms. The highest BCUT2D eigenvalue weighted by Gasteiger charge is 2.08. The Morgan fingerprint density at radius 2 is 2.27 bits per heavy atom. The third-order valence-electron chi connectivity index (χ3n) is 2.87. The molecule has 0 spiro atoms. The van der Waals surface area contributed by atoms with Crippen LogP contribution in [0.5, 0.6) is 0 Å². The summed E-state index contributed by atoms with van der Waals surface area (Å²) in [6.45, 7) is 0.248. The Balaban J connectivity index is 1.63. The maximum atomic E-state index is 14.0. The number of anilines is 1. The van der Waals surface area contributed by atoms with Crippen molar-refractivity contribution in [3.05, 3.63) is 60.8 Å². The van der Waals surface area contributed by atoms with Crippen LogP contribution in [0.3, 0.4) is 0 Å². The fourth-order valence-corrected chi connectivity index (χ4v) is 1.86. The van der Waals surface area contributed by atoms with E-state index in [0.717, 1.165) is 0 Å². The van der Waals surface area contributed by atoms with Gasteiger partial charge in [0, 0.05) is 5.69 Å². The molecule has 0 radical (unpaired) electrons. The zero-order valence-corrected chi connectivity index (χ0v) is 11.4. The van der Waals surface area contributed by atoms with Crippen molar-refractivity contribution in [2.45, 2.75) is 6.54 Å². The van der Waals surface area contributed by atoms with Gasteiger partial charge in [-0.2, -0.15) is 5.10 Å². The molecule has 7 nitrogen and oxygen atoms in total. The molecule has 0 bridgehead atoms. The van der Waals surface area contributed by atoms with Gasteiger partial charge in [0.1, 0.15) is 24.1 Å². The second-order valence-corrected chi connectivity index (χ2v) is 4.39. The molecule has 2 heterocycles. The molecule has 0 aliphatic rings. The molecular formula is C14H12FN5O2. The van der Waals surface area contributed by atoms with Crippen molar-refractivity contribution < 1.29 is 13.6 Å². The Morgan fingerprint density at radius 3 is 2.95 bits per heavy atom. The summed E-state index contributed by atoms with van der Waals surface area (Å²) in [6, 6.07) is 7.31. The van der Waals surface area contributed by atoms with E-state index in [1.807, 2.05) is 0 Å². The highest BCUT2D eigenvalue weighted by Crippen LogP contribution is 2.17. The van der Waals surface area contributed by atoms with Crippen molar-refractivity contribution in [2.24, 2.45) is 0 Å². The van der Waals surface area contributed by atoms with E-state index in [-0.39, 0.29) is 12.2 Å². The third-order valence-corrected chi connectivity index (χ3v) is 2.87. The van der Waals surface area contributed by atoms with Gasteiger partial charge in [-0.25, -0.2) is 18.9 Å². The average molecular weight is 301 g/mol. The second-order valence-electron chi connectivity index (χ2n) is 4.39. The van der Waals surface area contributed by atoms with Crippen LogP contribution in [0.2, 0.25) is 0 Å². The second kappa shape index (κ2) is 6.08. The zero-order chi connectivity index (χ0) is 15.4. The van der Waals surface area contributed by atoms with Crippen LogP contribution < -0.4 is 10.6 Å². The van der Waals surface area contributed by atoms with Gasteiger partial charge in [-0.15, -0.1) is 0 Å².